The normalized spacial score (nSPS) is 16.6. The molecule has 0 unspecified atom stereocenters. The average Bonchev–Trinajstić information content (AvgIpc) is 2.42. The third-order valence-electron chi connectivity index (χ3n) is 3.67. The first-order valence-electron chi connectivity index (χ1n) is 7.69. The lowest BCUT2D eigenvalue weighted by Crippen LogP contribution is -2.37. The monoisotopic (exact) mass is 255 g/mol. The molecule has 0 aliphatic heterocycles. The van der Waals surface area contributed by atoms with E-state index in [2.05, 4.69) is 6.92 Å². The Kier molecular flexibility index (Phi) is 7.86. The molecule has 18 heavy (non-hydrogen) atoms. The van der Waals surface area contributed by atoms with Crippen LogP contribution in [0.2, 0.25) is 0 Å². The maximum absolute atomic E-state index is 12.0. The van der Waals surface area contributed by atoms with Crippen molar-refractivity contribution in [3.8, 4) is 0 Å². The number of carbonyl (C=O) groups is 1. The van der Waals surface area contributed by atoms with E-state index < -0.39 is 0 Å². The van der Waals surface area contributed by atoms with Crippen molar-refractivity contribution in [1.82, 2.24) is 4.90 Å². The van der Waals surface area contributed by atoms with Crippen LogP contribution in [0.4, 0.5) is 4.79 Å². The van der Waals surface area contributed by atoms with E-state index in [9.17, 15) is 4.79 Å². The van der Waals surface area contributed by atoms with Gasteiger partial charge in [-0.3, -0.25) is 0 Å². The molecule has 1 amide bonds. The number of hydrogen-bond acceptors (Lipinski definition) is 2. The molecule has 0 aromatic carbocycles. The van der Waals surface area contributed by atoms with Crippen LogP contribution >= 0.6 is 0 Å². The Morgan fingerprint density at radius 3 is 2.50 bits per heavy atom. The van der Waals surface area contributed by atoms with Gasteiger partial charge in [-0.25, -0.2) is 4.79 Å². The summed E-state index contributed by atoms with van der Waals surface area (Å²) in [7, 11) is 0. The van der Waals surface area contributed by atoms with Crippen molar-refractivity contribution in [1.29, 1.82) is 0 Å². The van der Waals surface area contributed by atoms with Crippen molar-refractivity contribution in [3.05, 3.63) is 0 Å². The van der Waals surface area contributed by atoms with Gasteiger partial charge in [-0.1, -0.05) is 39.5 Å². The van der Waals surface area contributed by atoms with Gasteiger partial charge in [-0.15, -0.1) is 0 Å². The fourth-order valence-electron chi connectivity index (χ4n) is 2.57. The third kappa shape index (κ3) is 5.74. The zero-order valence-corrected chi connectivity index (χ0v) is 12.1. The van der Waals surface area contributed by atoms with Gasteiger partial charge >= 0.3 is 6.09 Å². The van der Waals surface area contributed by atoms with Gasteiger partial charge in [0.2, 0.25) is 0 Å². The quantitative estimate of drug-likeness (QED) is 0.682. The third-order valence-corrected chi connectivity index (χ3v) is 3.67. The zero-order valence-electron chi connectivity index (χ0n) is 12.1. The molecule has 106 valence electrons. The van der Waals surface area contributed by atoms with Gasteiger partial charge in [-0.05, 0) is 31.6 Å². The van der Waals surface area contributed by atoms with Crippen molar-refractivity contribution in [3.63, 3.8) is 0 Å². The molecule has 0 atom stereocenters. The highest BCUT2D eigenvalue weighted by atomic mass is 16.6. The summed E-state index contributed by atoms with van der Waals surface area (Å²) in [5, 5.41) is 0. The first-order valence-corrected chi connectivity index (χ1v) is 7.69. The van der Waals surface area contributed by atoms with Crippen molar-refractivity contribution in [2.75, 3.05) is 19.7 Å². The van der Waals surface area contributed by atoms with Gasteiger partial charge in [0.15, 0.2) is 0 Å². The lowest BCUT2D eigenvalue weighted by molar-refractivity contribution is 0.0921. The number of hydrogen-bond donors (Lipinski definition) is 0. The first kappa shape index (κ1) is 15.3. The number of nitrogens with zero attached hydrogens (tertiary/aromatic N) is 1. The molecule has 1 saturated carbocycles. The molecular formula is C15H29NO2. The molecule has 1 aliphatic carbocycles. The van der Waals surface area contributed by atoms with Gasteiger partial charge in [0, 0.05) is 13.1 Å². The van der Waals surface area contributed by atoms with E-state index in [0.29, 0.717) is 12.5 Å². The van der Waals surface area contributed by atoms with E-state index in [4.69, 9.17) is 4.74 Å². The number of unbranched alkanes of at least 4 members (excludes halogenated alkanes) is 1. The molecule has 3 nitrogen and oxygen atoms in total. The molecule has 0 aromatic rings. The molecule has 0 aromatic heterocycles. The Hall–Kier alpha value is -0.730. The summed E-state index contributed by atoms with van der Waals surface area (Å²) in [5.41, 5.74) is 0. The summed E-state index contributed by atoms with van der Waals surface area (Å²) in [5.74, 6) is 0.699. The number of carbonyl (C=O) groups excluding carboxylic acids is 1. The molecule has 0 spiro atoms. The molecule has 0 bridgehead atoms. The maximum atomic E-state index is 12.0. The fourth-order valence-corrected chi connectivity index (χ4v) is 2.57. The smallest absolute Gasteiger partial charge is 0.409 e. The van der Waals surface area contributed by atoms with E-state index in [1.54, 1.807) is 0 Å². The van der Waals surface area contributed by atoms with Crippen molar-refractivity contribution >= 4 is 6.09 Å². The highest BCUT2D eigenvalue weighted by Crippen LogP contribution is 2.24. The molecule has 0 saturated heterocycles. The van der Waals surface area contributed by atoms with E-state index >= 15 is 0 Å². The van der Waals surface area contributed by atoms with Crippen LogP contribution in [0.5, 0.6) is 0 Å². The molecule has 0 radical (unpaired) electrons. The Bertz CT molecular complexity index is 225. The summed E-state index contributed by atoms with van der Waals surface area (Å²) in [4.78, 5) is 13.9. The summed E-state index contributed by atoms with van der Waals surface area (Å²) in [6.07, 6.45) is 9.59. The Labute approximate surface area is 112 Å². The number of rotatable bonds is 7. The van der Waals surface area contributed by atoms with Crippen molar-refractivity contribution in [2.45, 2.75) is 65.2 Å². The average molecular weight is 255 g/mol. The second-order valence-electron chi connectivity index (χ2n) is 5.42. The highest BCUT2D eigenvalue weighted by Gasteiger charge is 2.21. The second kappa shape index (κ2) is 9.23. The predicted molar refractivity (Wildman–Crippen MR) is 74.7 cm³/mol. The van der Waals surface area contributed by atoms with E-state index in [1.807, 2.05) is 11.8 Å². The standard InChI is InChI=1S/C15H29NO2/c1-3-5-11-16(15(17)18-12-4-2)13-14-9-7-6-8-10-14/h14H,3-13H2,1-2H3. The zero-order chi connectivity index (χ0) is 13.2. The predicted octanol–water partition coefficient (Wildman–Crippen LogP) is 4.22. The minimum Gasteiger partial charge on any atom is -0.449 e. The van der Waals surface area contributed by atoms with Crippen molar-refractivity contribution in [2.24, 2.45) is 5.92 Å². The van der Waals surface area contributed by atoms with Gasteiger partial charge in [0.05, 0.1) is 6.61 Å². The highest BCUT2D eigenvalue weighted by molar-refractivity contribution is 5.67. The molecule has 0 N–H and O–H groups in total. The Morgan fingerprint density at radius 1 is 1.17 bits per heavy atom. The summed E-state index contributed by atoms with van der Waals surface area (Å²) in [6, 6.07) is 0. The molecule has 1 aliphatic rings. The van der Waals surface area contributed by atoms with Gasteiger partial charge in [0.1, 0.15) is 0 Å². The van der Waals surface area contributed by atoms with Crippen LogP contribution in [0.3, 0.4) is 0 Å². The van der Waals surface area contributed by atoms with Gasteiger partial charge in [-0.2, -0.15) is 0 Å². The number of amides is 1. The van der Waals surface area contributed by atoms with E-state index in [0.717, 1.165) is 32.4 Å². The minimum absolute atomic E-state index is 0.101. The summed E-state index contributed by atoms with van der Waals surface area (Å²) >= 11 is 0. The fraction of sp³-hybridized carbons (Fsp3) is 0.933. The van der Waals surface area contributed by atoms with Gasteiger partial charge < -0.3 is 9.64 Å². The molecular weight excluding hydrogens is 226 g/mol. The van der Waals surface area contributed by atoms with Crippen LogP contribution in [-0.2, 0) is 4.74 Å². The largest absolute Gasteiger partial charge is 0.449 e. The molecule has 3 heteroatoms. The molecule has 1 rings (SSSR count). The van der Waals surface area contributed by atoms with Crippen LogP contribution < -0.4 is 0 Å². The SMILES string of the molecule is CCCCN(CC1CCCCC1)C(=O)OCCC. The van der Waals surface area contributed by atoms with E-state index in [-0.39, 0.29) is 6.09 Å². The lowest BCUT2D eigenvalue weighted by atomic mass is 9.89. The minimum atomic E-state index is -0.101. The summed E-state index contributed by atoms with van der Waals surface area (Å²) < 4.78 is 5.28. The molecule has 0 heterocycles. The van der Waals surface area contributed by atoms with Crippen molar-refractivity contribution < 1.29 is 9.53 Å². The van der Waals surface area contributed by atoms with Crippen LogP contribution in [0.25, 0.3) is 0 Å². The Balaban J connectivity index is 2.39. The van der Waals surface area contributed by atoms with Crippen LogP contribution in [-0.4, -0.2) is 30.7 Å². The second-order valence-corrected chi connectivity index (χ2v) is 5.42. The van der Waals surface area contributed by atoms with Crippen LogP contribution in [0.1, 0.15) is 65.2 Å². The van der Waals surface area contributed by atoms with Crippen LogP contribution in [0, 0.1) is 5.92 Å². The lowest BCUT2D eigenvalue weighted by Gasteiger charge is -2.29. The summed E-state index contributed by atoms with van der Waals surface area (Å²) in [6.45, 7) is 6.51. The van der Waals surface area contributed by atoms with Gasteiger partial charge in [0.25, 0.3) is 0 Å². The topological polar surface area (TPSA) is 29.5 Å². The van der Waals surface area contributed by atoms with Crippen LogP contribution in [0.15, 0.2) is 0 Å². The Morgan fingerprint density at radius 2 is 1.89 bits per heavy atom. The maximum Gasteiger partial charge on any atom is 0.409 e. The first-order chi connectivity index (χ1) is 8.77. The molecule has 1 fully saturated rings. The van der Waals surface area contributed by atoms with E-state index in [1.165, 1.54) is 32.1 Å². The number of ether oxygens (including phenoxy) is 1.